The topological polar surface area (TPSA) is 64.0 Å². The SMILES string of the molecule is Cn1c(SCC(=O)NC2CCCCCCC2)nc2scc(-c3cccs3)c2c1=O. The van der Waals surface area contributed by atoms with Crippen LogP contribution < -0.4 is 10.9 Å². The summed E-state index contributed by atoms with van der Waals surface area (Å²) in [6, 6.07) is 4.29. The van der Waals surface area contributed by atoms with E-state index in [1.165, 1.54) is 55.2 Å². The van der Waals surface area contributed by atoms with Gasteiger partial charge in [0, 0.05) is 28.9 Å². The number of nitrogens with zero attached hydrogens (tertiary/aromatic N) is 2. The molecule has 29 heavy (non-hydrogen) atoms. The standard InChI is InChI=1S/C21H25N3O2S3/c1-24-20(26)18-15(16-10-7-11-27-16)12-28-19(18)23-21(24)29-13-17(25)22-14-8-5-3-2-4-6-9-14/h7,10-12,14H,2-6,8-9,13H2,1H3,(H,22,25). The number of aromatic nitrogens is 2. The molecule has 0 aliphatic heterocycles. The lowest BCUT2D eigenvalue weighted by Gasteiger charge is -2.21. The number of hydrogen-bond donors (Lipinski definition) is 1. The van der Waals surface area contributed by atoms with Gasteiger partial charge in [0.2, 0.25) is 5.91 Å². The van der Waals surface area contributed by atoms with Crippen LogP contribution in [0.5, 0.6) is 0 Å². The van der Waals surface area contributed by atoms with E-state index in [-0.39, 0.29) is 23.3 Å². The highest BCUT2D eigenvalue weighted by molar-refractivity contribution is 7.99. The highest BCUT2D eigenvalue weighted by Crippen LogP contribution is 2.34. The van der Waals surface area contributed by atoms with Crippen molar-refractivity contribution in [2.75, 3.05) is 5.75 Å². The monoisotopic (exact) mass is 447 g/mol. The van der Waals surface area contributed by atoms with Gasteiger partial charge in [-0.2, -0.15) is 0 Å². The van der Waals surface area contributed by atoms with Crippen molar-refractivity contribution in [3.63, 3.8) is 0 Å². The van der Waals surface area contributed by atoms with Gasteiger partial charge in [0.25, 0.3) is 5.56 Å². The zero-order valence-corrected chi connectivity index (χ0v) is 18.9. The molecule has 1 saturated carbocycles. The molecule has 4 rings (SSSR count). The summed E-state index contributed by atoms with van der Waals surface area (Å²) in [6.45, 7) is 0. The van der Waals surface area contributed by atoms with Crippen molar-refractivity contribution in [3.05, 3.63) is 33.2 Å². The molecule has 0 bridgehead atoms. The van der Waals surface area contributed by atoms with E-state index in [0.29, 0.717) is 10.5 Å². The minimum atomic E-state index is -0.0532. The van der Waals surface area contributed by atoms with Crippen molar-refractivity contribution in [2.24, 2.45) is 7.05 Å². The Labute approximate surface area is 182 Å². The van der Waals surface area contributed by atoms with Crippen LogP contribution >= 0.6 is 34.4 Å². The van der Waals surface area contributed by atoms with E-state index in [0.717, 1.165) is 28.1 Å². The molecule has 1 amide bonds. The Hall–Kier alpha value is -1.64. The van der Waals surface area contributed by atoms with Crippen LogP contribution in [0.25, 0.3) is 20.7 Å². The van der Waals surface area contributed by atoms with Crippen LogP contribution in [0.2, 0.25) is 0 Å². The van der Waals surface area contributed by atoms with Crippen LogP contribution in [-0.4, -0.2) is 27.3 Å². The highest BCUT2D eigenvalue weighted by Gasteiger charge is 2.18. The Bertz CT molecular complexity index is 1030. The molecule has 1 fully saturated rings. The molecule has 0 atom stereocenters. The number of fused-ring (bicyclic) bond motifs is 1. The molecule has 0 spiro atoms. The molecule has 1 aliphatic rings. The Balaban J connectivity index is 1.46. The molecule has 0 radical (unpaired) electrons. The Morgan fingerprint density at radius 2 is 2.00 bits per heavy atom. The van der Waals surface area contributed by atoms with Crippen LogP contribution in [-0.2, 0) is 11.8 Å². The Morgan fingerprint density at radius 3 is 2.72 bits per heavy atom. The van der Waals surface area contributed by atoms with E-state index in [2.05, 4.69) is 10.3 Å². The molecule has 3 aromatic rings. The molecular weight excluding hydrogens is 422 g/mol. The fourth-order valence-corrected chi connectivity index (χ4v) is 6.38. The van der Waals surface area contributed by atoms with Gasteiger partial charge >= 0.3 is 0 Å². The maximum Gasteiger partial charge on any atom is 0.263 e. The van der Waals surface area contributed by atoms with Crippen molar-refractivity contribution in [1.29, 1.82) is 0 Å². The van der Waals surface area contributed by atoms with Crippen LogP contribution in [0.4, 0.5) is 0 Å². The van der Waals surface area contributed by atoms with Gasteiger partial charge in [0.1, 0.15) is 4.83 Å². The molecule has 3 aromatic heterocycles. The zero-order valence-electron chi connectivity index (χ0n) is 16.5. The molecule has 1 N–H and O–H groups in total. The molecule has 0 aromatic carbocycles. The number of rotatable bonds is 5. The average molecular weight is 448 g/mol. The third-order valence-corrected chi connectivity index (χ3v) is 8.17. The zero-order chi connectivity index (χ0) is 20.2. The van der Waals surface area contributed by atoms with E-state index >= 15 is 0 Å². The fraction of sp³-hybridized carbons (Fsp3) is 0.476. The van der Waals surface area contributed by atoms with Crippen molar-refractivity contribution in [1.82, 2.24) is 14.9 Å². The van der Waals surface area contributed by atoms with E-state index < -0.39 is 0 Å². The lowest BCUT2D eigenvalue weighted by molar-refractivity contribution is -0.119. The van der Waals surface area contributed by atoms with E-state index in [9.17, 15) is 9.59 Å². The third-order valence-electron chi connectivity index (χ3n) is 5.36. The number of thiophene rings is 2. The van der Waals surface area contributed by atoms with Crippen molar-refractivity contribution in [2.45, 2.75) is 56.1 Å². The second kappa shape index (κ2) is 9.45. The summed E-state index contributed by atoms with van der Waals surface area (Å²) in [7, 11) is 1.74. The molecule has 1 aliphatic carbocycles. The predicted molar refractivity (Wildman–Crippen MR) is 123 cm³/mol. The summed E-state index contributed by atoms with van der Waals surface area (Å²) in [5.74, 6) is 0.311. The maximum absolute atomic E-state index is 13.0. The summed E-state index contributed by atoms with van der Waals surface area (Å²) in [5, 5.41) is 8.45. The minimum absolute atomic E-state index is 0.0281. The van der Waals surface area contributed by atoms with Gasteiger partial charge in [0.15, 0.2) is 5.16 Å². The number of carbonyl (C=O) groups excluding carboxylic acids is 1. The third kappa shape index (κ3) is 4.75. The average Bonchev–Trinajstić information content (AvgIpc) is 3.35. The molecule has 5 nitrogen and oxygen atoms in total. The molecule has 0 saturated heterocycles. The Kier molecular flexibility index (Phi) is 6.72. The minimum Gasteiger partial charge on any atom is -0.353 e. The first-order valence-electron chi connectivity index (χ1n) is 10.1. The van der Waals surface area contributed by atoms with E-state index in [4.69, 9.17) is 0 Å². The highest BCUT2D eigenvalue weighted by atomic mass is 32.2. The van der Waals surface area contributed by atoms with Gasteiger partial charge in [-0.3, -0.25) is 14.2 Å². The first-order chi connectivity index (χ1) is 14.1. The first kappa shape index (κ1) is 20.6. The van der Waals surface area contributed by atoms with Crippen molar-refractivity contribution in [3.8, 4) is 10.4 Å². The second-order valence-electron chi connectivity index (χ2n) is 7.46. The van der Waals surface area contributed by atoms with E-state index in [1.54, 1.807) is 23.0 Å². The molecule has 0 unspecified atom stereocenters. The smallest absolute Gasteiger partial charge is 0.263 e. The van der Waals surface area contributed by atoms with Crippen LogP contribution in [0.15, 0.2) is 32.8 Å². The number of nitrogens with one attached hydrogen (secondary N) is 1. The van der Waals surface area contributed by atoms with Gasteiger partial charge in [-0.15, -0.1) is 22.7 Å². The maximum atomic E-state index is 13.0. The lowest BCUT2D eigenvalue weighted by atomic mass is 9.97. The van der Waals surface area contributed by atoms with Crippen LogP contribution in [0.3, 0.4) is 0 Å². The predicted octanol–water partition coefficient (Wildman–Crippen LogP) is 5.04. The van der Waals surface area contributed by atoms with Crippen LogP contribution in [0, 0.1) is 0 Å². The van der Waals surface area contributed by atoms with Gasteiger partial charge < -0.3 is 5.32 Å². The summed E-state index contributed by atoms with van der Waals surface area (Å²) in [4.78, 5) is 31.9. The summed E-state index contributed by atoms with van der Waals surface area (Å²) >= 11 is 4.44. The van der Waals surface area contributed by atoms with Crippen molar-refractivity contribution < 1.29 is 4.79 Å². The molecular formula is C21H25N3O2S3. The normalized spacial score (nSPS) is 15.9. The van der Waals surface area contributed by atoms with E-state index in [1.807, 2.05) is 22.9 Å². The summed E-state index contributed by atoms with van der Waals surface area (Å²) in [5.41, 5.74) is 0.897. The quantitative estimate of drug-likeness (QED) is 0.439. The number of amides is 1. The molecule has 154 valence electrons. The van der Waals surface area contributed by atoms with Crippen molar-refractivity contribution >= 4 is 50.6 Å². The van der Waals surface area contributed by atoms with Crippen LogP contribution in [0.1, 0.15) is 44.9 Å². The second-order valence-corrected chi connectivity index (χ2v) is 10.2. The first-order valence-corrected chi connectivity index (χ1v) is 12.8. The lowest BCUT2D eigenvalue weighted by Crippen LogP contribution is -2.36. The molecule has 3 heterocycles. The number of hydrogen-bond acceptors (Lipinski definition) is 6. The van der Waals surface area contributed by atoms with Gasteiger partial charge in [-0.25, -0.2) is 4.98 Å². The number of thioether (sulfide) groups is 1. The fourth-order valence-electron chi connectivity index (χ4n) is 3.80. The number of carbonyl (C=O) groups is 1. The van der Waals surface area contributed by atoms with Gasteiger partial charge in [-0.05, 0) is 24.3 Å². The van der Waals surface area contributed by atoms with Gasteiger partial charge in [0.05, 0.1) is 11.1 Å². The van der Waals surface area contributed by atoms with Gasteiger partial charge in [-0.1, -0.05) is 49.9 Å². The largest absolute Gasteiger partial charge is 0.353 e. The summed E-state index contributed by atoms with van der Waals surface area (Å²) in [6.07, 6.45) is 8.36. The molecule has 8 heteroatoms. The summed E-state index contributed by atoms with van der Waals surface area (Å²) < 4.78 is 1.57. The Morgan fingerprint density at radius 1 is 1.24 bits per heavy atom.